The number of hydrogen-bond donors (Lipinski definition) is 2. The molecule has 0 aromatic rings. The number of hydrogen-bond acceptors (Lipinski definition) is 8. The Bertz CT molecular complexity index is 580. The molecule has 9 heteroatoms. The molecule has 2 N–H and O–H groups in total. The molecule has 1 amide bonds. The number of rotatable bonds is 5. The lowest BCUT2D eigenvalue weighted by atomic mass is 10.0. The van der Waals surface area contributed by atoms with Gasteiger partial charge in [-0.1, -0.05) is 0 Å². The van der Waals surface area contributed by atoms with Crippen LogP contribution in [0, 0.1) is 5.92 Å². The molecule has 0 saturated carbocycles. The average molecular weight is 342 g/mol. The van der Waals surface area contributed by atoms with E-state index in [4.69, 9.17) is 18.9 Å². The minimum absolute atomic E-state index is 0.0635. The lowest BCUT2D eigenvalue weighted by Crippen LogP contribution is -2.37. The van der Waals surface area contributed by atoms with Gasteiger partial charge in [-0.2, -0.15) is 0 Å². The van der Waals surface area contributed by atoms with Crippen LogP contribution in [0.3, 0.4) is 0 Å². The Kier molecular flexibility index (Phi) is 7.09. The summed E-state index contributed by atoms with van der Waals surface area (Å²) in [5.74, 6) is -0.550. The highest BCUT2D eigenvalue weighted by atomic mass is 16.7. The Morgan fingerprint density at radius 2 is 1.54 bits per heavy atom. The van der Waals surface area contributed by atoms with Crippen molar-refractivity contribution >= 4 is 18.2 Å². The number of ether oxygens (including phenoxy) is 4. The molecule has 134 valence electrons. The molecule has 0 radical (unpaired) electrons. The molecule has 9 nitrogen and oxygen atoms in total. The number of carbonyl (C=O) groups excluding carboxylic acids is 3. The van der Waals surface area contributed by atoms with E-state index in [2.05, 4.69) is 10.6 Å². The monoisotopic (exact) mass is 342 g/mol. The van der Waals surface area contributed by atoms with E-state index >= 15 is 0 Å². The lowest BCUT2D eigenvalue weighted by Gasteiger charge is -2.28. The molecule has 1 heterocycles. The molecule has 1 aliphatic heterocycles. The second-order valence-corrected chi connectivity index (χ2v) is 4.83. The van der Waals surface area contributed by atoms with Crippen molar-refractivity contribution in [2.45, 2.75) is 34.6 Å². The first-order chi connectivity index (χ1) is 11.3. The number of carbonyl (C=O) groups is 3. The van der Waals surface area contributed by atoms with Gasteiger partial charge in [-0.15, -0.1) is 0 Å². The van der Waals surface area contributed by atoms with Gasteiger partial charge in [0, 0.05) is 6.92 Å². The summed E-state index contributed by atoms with van der Waals surface area (Å²) in [6, 6.07) is 0. The Morgan fingerprint density at radius 3 is 2.00 bits per heavy atom. The normalized spacial score (nSPS) is 17.0. The van der Waals surface area contributed by atoms with E-state index in [-0.39, 0.29) is 36.5 Å². The number of allylic oxidation sites excluding steroid dienone is 1. The van der Waals surface area contributed by atoms with Crippen LogP contribution in [0.1, 0.15) is 34.6 Å². The van der Waals surface area contributed by atoms with Crippen molar-refractivity contribution in [3.05, 3.63) is 23.0 Å². The van der Waals surface area contributed by atoms with Gasteiger partial charge >= 0.3 is 12.3 Å². The minimum atomic E-state index is -0.931. The molecule has 1 unspecified atom stereocenters. The van der Waals surface area contributed by atoms with Gasteiger partial charge in [0.1, 0.15) is 5.76 Å². The van der Waals surface area contributed by atoms with Crippen LogP contribution in [-0.4, -0.2) is 31.4 Å². The fourth-order valence-corrected chi connectivity index (χ4v) is 2.02. The van der Waals surface area contributed by atoms with E-state index in [0.29, 0.717) is 5.70 Å². The minimum Gasteiger partial charge on any atom is -0.434 e. The highest BCUT2D eigenvalue weighted by molar-refractivity contribution is 5.75. The van der Waals surface area contributed by atoms with Crippen LogP contribution in [0.15, 0.2) is 23.0 Å². The van der Waals surface area contributed by atoms with E-state index in [1.165, 1.54) is 6.92 Å². The third kappa shape index (κ3) is 5.18. The fourth-order valence-electron chi connectivity index (χ4n) is 2.02. The van der Waals surface area contributed by atoms with Crippen molar-refractivity contribution in [1.82, 2.24) is 10.6 Å². The number of nitrogens with one attached hydrogen (secondary N) is 2. The summed E-state index contributed by atoms with van der Waals surface area (Å²) in [5.41, 5.74) is 0.468. The van der Waals surface area contributed by atoms with Gasteiger partial charge in [0.2, 0.25) is 5.91 Å². The van der Waals surface area contributed by atoms with Crippen molar-refractivity contribution in [3.8, 4) is 0 Å². The largest absolute Gasteiger partial charge is 0.513 e. The van der Waals surface area contributed by atoms with Crippen LogP contribution in [0.25, 0.3) is 0 Å². The molecule has 0 saturated heterocycles. The first-order valence-electron chi connectivity index (χ1n) is 7.48. The molecule has 24 heavy (non-hydrogen) atoms. The van der Waals surface area contributed by atoms with Crippen LogP contribution >= 0.6 is 0 Å². The summed E-state index contributed by atoms with van der Waals surface area (Å²) >= 11 is 0. The van der Waals surface area contributed by atoms with Crippen LogP contribution in [0.2, 0.25) is 0 Å². The summed E-state index contributed by atoms with van der Waals surface area (Å²) in [6.45, 7) is 8.17. The summed E-state index contributed by atoms with van der Waals surface area (Å²) < 4.78 is 19.8. The van der Waals surface area contributed by atoms with Crippen molar-refractivity contribution in [2.75, 3.05) is 13.2 Å². The zero-order valence-corrected chi connectivity index (χ0v) is 14.3. The van der Waals surface area contributed by atoms with E-state index in [9.17, 15) is 14.4 Å². The Balaban J connectivity index is 3.07. The Morgan fingerprint density at radius 1 is 1.04 bits per heavy atom. The quantitative estimate of drug-likeness (QED) is 0.731. The molecular formula is C15H22N2O7. The second-order valence-electron chi connectivity index (χ2n) is 4.83. The SMILES string of the molecule is CCOC(=O)OC1=C(C)NC(NC(C)=O)=C(OC(=O)OCC)C1C. The van der Waals surface area contributed by atoms with Crippen LogP contribution in [0.5, 0.6) is 0 Å². The van der Waals surface area contributed by atoms with Gasteiger partial charge in [0.25, 0.3) is 0 Å². The topological polar surface area (TPSA) is 112 Å². The standard InChI is InChI=1S/C15H22N2O7/c1-6-21-14(19)23-11-8(3)12(24-15(20)22-7-2)13(16-9(11)4)17-10(5)18/h8,16H,6-7H2,1-5H3,(H,17,18). The molecule has 0 fully saturated rings. The smallest absolute Gasteiger partial charge is 0.434 e. The van der Waals surface area contributed by atoms with Crippen LogP contribution in [-0.2, 0) is 23.7 Å². The van der Waals surface area contributed by atoms with Gasteiger partial charge in [-0.25, -0.2) is 9.59 Å². The molecule has 0 spiro atoms. The summed E-state index contributed by atoms with van der Waals surface area (Å²) in [6.07, 6.45) is -1.81. The van der Waals surface area contributed by atoms with Gasteiger partial charge in [-0.3, -0.25) is 4.79 Å². The maximum absolute atomic E-state index is 11.6. The highest BCUT2D eigenvalue weighted by Crippen LogP contribution is 2.30. The Hall–Kier alpha value is -2.71. The first kappa shape index (κ1) is 19.3. The van der Waals surface area contributed by atoms with E-state index < -0.39 is 18.2 Å². The van der Waals surface area contributed by atoms with E-state index in [0.717, 1.165) is 0 Å². The lowest BCUT2D eigenvalue weighted by molar-refractivity contribution is -0.118. The Labute approximate surface area is 140 Å². The van der Waals surface area contributed by atoms with Gasteiger partial charge < -0.3 is 29.6 Å². The van der Waals surface area contributed by atoms with Crippen LogP contribution in [0.4, 0.5) is 9.59 Å². The zero-order valence-electron chi connectivity index (χ0n) is 14.3. The summed E-state index contributed by atoms with van der Waals surface area (Å²) in [5, 5.41) is 5.37. The number of dihydropyridines is 1. The van der Waals surface area contributed by atoms with E-state index in [1.54, 1.807) is 27.7 Å². The van der Waals surface area contributed by atoms with E-state index in [1.807, 2.05) is 0 Å². The van der Waals surface area contributed by atoms with Gasteiger partial charge in [-0.05, 0) is 27.7 Å². The third-order valence-electron chi connectivity index (χ3n) is 2.93. The second kappa shape index (κ2) is 8.80. The summed E-state index contributed by atoms with van der Waals surface area (Å²) in [4.78, 5) is 34.6. The predicted molar refractivity (Wildman–Crippen MR) is 82.1 cm³/mol. The molecule has 1 aliphatic rings. The van der Waals surface area contributed by atoms with Crippen molar-refractivity contribution < 1.29 is 33.3 Å². The molecule has 1 rings (SSSR count). The van der Waals surface area contributed by atoms with Gasteiger partial charge in [0.15, 0.2) is 11.6 Å². The third-order valence-corrected chi connectivity index (χ3v) is 2.93. The molecular weight excluding hydrogens is 320 g/mol. The molecule has 0 aromatic heterocycles. The first-order valence-corrected chi connectivity index (χ1v) is 7.48. The fraction of sp³-hybridized carbons (Fsp3) is 0.533. The highest BCUT2D eigenvalue weighted by Gasteiger charge is 2.32. The molecule has 0 aliphatic carbocycles. The number of amides is 1. The summed E-state index contributed by atoms with van der Waals surface area (Å²) in [7, 11) is 0. The van der Waals surface area contributed by atoms with Crippen molar-refractivity contribution in [2.24, 2.45) is 5.92 Å². The van der Waals surface area contributed by atoms with Crippen LogP contribution < -0.4 is 10.6 Å². The van der Waals surface area contributed by atoms with Crippen molar-refractivity contribution in [1.29, 1.82) is 0 Å². The maximum atomic E-state index is 11.6. The van der Waals surface area contributed by atoms with Gasteiger partial charge in [0.05, 0.1) is 24.8 Å². The predicted octanol–water partition coefficient (Wildman–Crippen LogP) is 2.11. The van der Waals surface area contributed by atoms with Crippen molar-refractivity contribution in [3.63, 3.8) is 0 Å². The average Bonchev–Trinajstić information content (AvgIpc) is 2.47. The zero-order chi connectivity index (χ0) is 18.3. The molecule has 1 atom stereocenters. The molecule has 0 aromatic carbocycles. The maximum Gasteiger partial charge on any atom is 0.513 e. The molecule has 0 bridgehead atoms.